The molecule has 0 spiro atoms. The molecule has 0 unspecified atom stereocenters. The summed E-state index contributed by atoms with van der Waals surface area (Å²) >= 11 is 0. The fourth-order valence-electron chi connectivity index (χ4n) is 2.08. The minimum absolute atomic E-state index is 0.306. The van der Waals surface area contributed by atoms with Crippen molar-refractivity contribution in [2.24, 2.45) is 0 Å². The molecule has 0 fully saturated rings. The smallest absolute Gasteiger partial charge is 0.237 e. The molecule has 1 heterocycles. The van der Waals surface area contributed by atoms with Crippen molar-refractivity contribution in [3.63, 3.8) is 0 Å². The number of pyridine rings is 1. The zero-order chi connectivity index (χ0) is 14.8. The van der Waals surface area contributed by atoms with Gasteiger partial charge in [0.15, 0.2) is 0 Å². The van der Waals surface area contributed by atoms with Gasteiger partial charge in [0, 0.05) is 11.1 Å². The van der Waals surface area contributed by atoms with Gasteiger partial charge < -0.3 is 10.5 Å². The number of nitrogen functional groups attached to an aromatic ring is 1. The van der Waals surface area contributed by atoms with Gasteiger partial charge >= 0.3 is 0 Å². The summed E-state index contributed by atoms with van der Waals surface area (Å²) in [5, 5.41) is 10.2. The van der Waals surface area contributed by atoms with Crippen LogP contribution in [0.3, 0.4) is 0 Å². The number of nitrogens with two attached hydrogens (primary N) is 1. The molecule has 0 aliphatic heterocycles. The average molecular weight is 275 g/mol. The van der Waals surface area contributed by atoms with E-state index < -0.39 is 0 Å². The molecule has 4 heteroatoms. The maximum atomic E-state index is 9.26. The lowest BCUT2D eigenvalue weighted by molar-refractivity contribution is 0.463. The summed E-state index contributed by atoms with van der Waals surface area (Å²) in [4.78, 5) is 4.42. The average Bonchev–Trinajstić information content (AvgIpc) is 2.50. The number of para-hydroxylation sites is 1. The number of rotatable bonds is 2. The number of ether oxygens (including phenoxy) is 1. The predicted octanol–water partition coefficient (Wildman–Crippen LogP) is 3.79. The minimum atomic E-state index is 0.306. The van der Waals surface area contributed by atoms with Gasteiger partial charge in [-0.1, -0.05) is 18.2 Å². The molecule has 21 heavy (non-hydrogen) atoms. The quantitative estimate of drug-likeness (QED) is 0.722. The highest BCUT2D eigenvalue weighted by Crippen LogP contribution is 2.28. The molecular weight excluding hydrogens is 262 g/mol. The first-order chi connectivity index (χ1) is 10.2. The van der Waals surface area contributed by atoms with Gasteiger partial charge in [-0.3, -0.25) is 0 Å². The van der Waals surface area contributed by atoms with E-state index in [0.717, 1.165) is 16.5 Å². The van der Waals surface area contributed by atoms with Gasteiger partial charge in [0.1, 0.15) is 17.4 Å². The lowest BCUT2D eigenvalue weighted by Gasteiger charge is -2.09. The Kier molecular flexibility index (Phi) is 3.17. The van der Waals surface area contributed by atoms with Gasteiger partial charge in [0.25, 0.3) is 0 Å². The lowest BCUT2D eigenvalue weighted by atomic mass is 10.1. The molecule has 2 aromatic carbocycles. The van der Waals surface area contributed by atoms with E-state index in [9.17, 15) is 5.26 Å². The van der Waals surface area contributed by atoms with E-state index in [2.05, 4.69) is 11.1 Å². The van der Waals surface area contributed by atoms with E-state index in [-0.39, 0.29) is 0 Å². The summed E-state index contributed by atoms with van der Waals surface area (Å²) in [6, 6.07) is 16.9. The molecule has 3 rings (SSSR count). The molecule has 0 aliphatic carbocycles. The number of fused-ring (bicyclic) bond motifs is 1. The molecule has 0 radical (unpaired) electrons. The maximum Gasteiger partial charge on any atom is 0.237 e. The number of anilines is 1. The minimum Gasteiger partial charge on any atom is -0.438 e. The van der Waals surface area contributed by atoms with Crippen molar-refractivity contribution in [2.45, 2.75) is 6.92 Å². The monoisotopic (exact) mass is 275 g/mol. The Morgan fingerprint density at radius 2 is 1.95 bits per heavy atom. The Hall–Kier alpha value is -3.06. The van der Waals surface area contributed by atoms with Crippen LogP contribution >= 0.6 is 0 Å². The van der Waals surface area contributed by atoms with Crippen LogP contribution in [0.4, 0.5) is 5.69 Å². The van der Waals surface area contributed by atoms with Crippen molar-refractivity contribution in [2.75, 3.05) is 5.73 Å². The normalized spacial score (nSPS) is 10.3. The second-order valence-corrected chi connectivity index (χ2v) is 4.77. The number of aryl methyl sites for hydroxylation is 1. The molecule has 2 N–H and O–H groups in total. The molecule has 0 amide bonds. The van der Waals surface area contributed by atoms with Crippen LogP contribution in [0.15, 0.2) is 48.5 Å². The Bertz CT molecular complexity index is 866. The Morgan fingerprint density at radius 3 is 2.71 bits per heavy atom. The molecule has 0 atom stereocenters. The lowest BCUT2D eigenvalue weighted by Crippen LogP contribution is -1.95. The second-order valence-electron chi connectivity index (χ2n) is 4.77. The Balaban J connectivity index is 2.06. The summed E-state index contributed by atoms with van der Waals surface area (Å²) in [6.45, 7) is 1.90. The van der Waals surface area contributed by atoms with Gasteiger partial charge in [0.2, 0.25) is 5.88 Å². The third kappa shape index (κ3) is 2.49. The summed E-state index contributed by atoms with van der Waals surface area (Å²) < 4.78 is 5.76. The number of aromatic nitrogens is 1. The topological polar surface area (TPSA) is 71.9 Å². The van der Waals surface area contributed by atoms with Gasteiger partial charge in [-0.2, -0.15) is 5.26 Å². The van der Waals surface area contributed by atoms with Crippen molar-refractivity contribution in [1.29, 1.82) is 5.26 Å². The third-order valence-corrected chi connectivity index (χ3v) is 3.27. The van der Waals surface area contributed by atoms with E-state index in [1.54, 1.807) is 18.2 Å². The van der Waals surface area contributed by atoms with Crippen LogP contribution < -0.4 is 10.5 Å². The first kappa shape index (κ1) is 12.9. The van der Waals surface area contributed by atoms with Crippen LogP contribution in [0.5, 0.6) is 11.6 Å². The summed E-state index contributed by atoms with van der Waals surface area (Å²) in [5.41, 5.74) is 8.61. The van der Waals surface area contributed by atoms with Crippen LogP contribution in [0, 0.1) is 18.3 Å². The molecule has 1 aromatic heterocycles. The van der Waals surface area contributed by atoms with Crippen molar-refractivity contribution in [1.82, 2.24) is 4.98 Å². The number of nitriles is 1. The zero-order valence-electron chi connectivity index (χ0n) is 11.5. The first-order valence-electron chi connectivity index (χ1n) is 6.51. The number of benzene rings is 2. The predicted molar refractivity (Wildman–Crippen MR) is 82.1 cm³/mol. The van der Waals surface area contributed by atoms with Crippen molar-refractivity contribution >= 4 is 16.6 Å². The molecule has 0 saturated heterocycles. The van der Waals surface area contributed by atoms with Crippen LogP contribution in [-0.4, -0.2) is 4.98 Å². The molecule has 4 nitrogen and oxygen atoms in total. The van der Waals surface area contributed by atoms with Crippen molar-refractivity contribution < 1.29 is 4.74 Å². The van der Waals surface area contributed by atoms with Crippen LogP contribution in [0.2, 0.25) is 0 Å². The standard InChI is InChI=1S/C17H13N3O/c1-11-8-14(6-7-15(11)19)21-17-13(10-18)9-12-4-2-3-5-16(12)20-17/h2-9H,19H2,1H3. The SMILES string of the molecule is Cc1cc(Oc2nc3ccccc3cc2C#N)ccc1N. The van der Waals surface area contributed by atoms with Crippen LogP contribution in [-0.2, 0) is 0 Å². The van der Waals surface area contributed by atoms with Gasteiger partial charge in [-0.05, 0) is 42.8 Å². The van der Waals surface area contributed by atoms with E-state index in [1.807, 2.05) is 37.3 Å². The fourth-order valence-corrected chi connectivity index (χ4v) is 2.08. The zero-order valence-corrected chi connectivity index (χ0v) is 11.5. The van der Waals surface area contributed by atoms with Crippen LogP contribution in [0.1, 0.15) is 11.1 Å². The number of hydrogen-bond donors (Lipinski definition) is 1. The van der Waals surface area contributed by atoms with E-state index in [0.29, 0.717) is 22.9 Å². The van der Waals surface area contributed by atoms with Crippen LogP contribution in [0.25, 0.3) is 10.9 Å². The molecular formula is C17H13N3O. The highest BCUT2D eigenvalue weighted by molar-refractivity contribution is 5.81. The summed E-state index contributed by atoms with van der Waals surface area (Å²) in [6.07, 6.45) is 0. The summed E-state index contributed by atoms with van der Waals surface area (Å²) in [5.74, 6) is 0.918. The van der Waals surface area contributed by atoms with Gasteiger partial charge in [-0.25, -0.2) is 4.98 Å². The summed E-state index contributed by atoms with van der Waals surface area (Å²) in [7, 11) is 0. The van der Waals surface area contributed by atoms with Crippen molar-refractivity contribution in [3.05, 3.63) is 59.7 Å². The highest BCUT2D eigenvalue weighted by Gasteiger charge is 2.09. The number of nitrogens with zero attached hydrogens (tertiary/aromatic N) is 2. The molecule has 0 aliphatic rings. The van der Waals surface area contributed by atoms with E-state index in [1.165, 1.54) is 0 Å². The van der Waals surface area contributed by atoms with E-state index in [4.69, 9.17) is 10.5 Å². The van der Waals surface area contributed by atoms with Crippen molar-refractivity contribution in [3.8, 4) is 17.7 Å². The van der Waals surface area contributed by atoms with Gasteiger partial charge in [0.05, 0.1) is 5.52 Å². The molecule has 0 bridgehead atoms. The maximum absolute atomic E-state index is 9.26. The Labute approximate surface area is 122 Å². The second kappa shape index (κ2) is 5.14. The molecule has 102 valence electrons. The first-order valence-corrected chi connectivity index (χ1v) is 6.51. The van der Waals surface area contributed by atoms with E-state index >= 15 is 0 Å². The molecule has 3 aromatic rings. The largest absolute Gasteiger partial charge is 0.438 e. The Morgan fingerprint density at radius 1 is 1.14 bits per heavy atom. The highest BCUT2D eigenvalue weighted by atomic mass is 16.5. The number of hydrogen-bond acceptors (Lipinski definition) is 4. The fraction of sp³-hybridized carbons (Fsp3) is 0.0588. The van der Waals surface area contributed by atoms with Gasteiger partial charge in [-0.15, -0.1) is 0 Å². The third-order valence-electron chi connectivity index (χ3n) is 3.27. The molecule has 0 saturated carbocycles.